The molecule has 7 heteroatoms. The van der Waals surface area contributed by atoms with Crippen molar-refractivity contribution < 1.29 is 9.59 Å². The van der Waals surface area contributed by atoms with Crippen molar-refractivity contribution in [2.75, 3.05) is 17.7 Å². The van der Waals surface area contributed by atoms with E-state index in [0.29, 0.717) is 21.9 Å². The zero-order chi connectivity index (χ0) is 18.5. The van der Waals surface area contributed by atoms with Crippen molar-refractivity contribution in [2.24, 2.45) is 0 Å². The summed E-state index contributed by atoms with van der Waals surface area (Å²) in [6.07, 6.45) is 0. The van der Waals surface area contributed by atoms with Crippen molar-refractivity contribution in [1.29, 1.82) is 0 Å². The first-order valence-corrected chi connectivity index (χ1v) is 8.81. The van der Waals surface area contributed by atoms with Crippen LogP contribution in [0.2, 0.25) is 0 Å². The van der Waals surface area contributed by atoms with Crippen LogP contribution < -0.4 is 16.0 Å². The molecule has 3 aromatic rings. The SMILES string of the molecule is CNC(=O)Nc1cccc(NC(=O)c2sc(-c3ccccc3)nc2C)c1. The van der Waals surface area contributed by atoms with Gasteiger partial charge in [-0.15, -0.1) is 11.3 Å². The highest BCUT2D eigenvalue weighted by Gasteiger charge is 2.16. The summed E-state index contributed by atoms with van der Waals surface area (Å²) < 4.78 is 0. The number of benzene rings is 2. The molecule has 2 aromatic carbocycles. The summed E-state index contributed by atoms with van der Waals surface area (Å²) in [6.45, 7) is 1.82. The maximum atomic E-state index is 12.6. The van der Waals surface area contributed by atoms with E-state index in [9.17, 15) is 9.59 Å². The smallest absolute Gasteiger partial charge is 0.318 e. The molecule has 0 saturated carbocycles. The molecule has 0 radical (unpaired) electrons. The summed E-state index contributed by atoms with van der Waals surface area (Å²) in [4.78, 5) is 29.1. The molecule has 26 heavy (non-hydrogen) atoms. The Morgan fingerprint density at radius 1 is 0.962 bits per heavy atom. The lowest BCUT2D eigenvalue weighted by Crippen LogP contribution is -2.24. The predicted octanol–water partition coefficient (Wildman–Crippen LogP) is 4.12. The molecule has 132 valence electrons. The van der Waals surface area contributed by atoms with E-state index in [1.54, 1.807) is 24.3 Å². The lowest BCUT2D eigenvalue weighted by molar-refractivity contribution is 0.103. The molecule has 0 atom stereocenters. The highest BCUT2D eigenvalue weighted by atomic mass is 32.1. The molecule has 6 nitrogen and oxygen atoms in total. The van der Waals surface area contributed by atoms with Crippen LogP contribution in [-0.4, -0.2) is 24.0 Å². The zero-order valence-electron chi connectivity index (χ0n) is 14.4. The van der Waals surface area contributed by atoms with Crippen LogP contribution in [-0.2, 0) is 0 Å². The van der Waals surface area contributed by atoms with Crippen molar-refractivity contribution in [3.63, 3.8) is 0 Å². The molecule has 0 saturated heterocycles. The van der Waals surface area contributed by atoms with E-state index >= 15 is 0 Å². The number of anilines is 2. The van der Waals surface area contributed by atoms with Gasteiger partial charge in [0.2, 0.25) is 0 Å². The maximum absolute atomic E-state index is 12.6. The number of carbonyl (C=O) groups is 2. The minimum Gasteiger partial charge on any atom is -0.341 e. The third-order valence-corrected chi connectivity index (χ3v) is 4.83. The van der Waals surface area contributed by atoms with Gasteiger partial charge in [0.15, 0.2) is 0 Å². The quantitative estimate of drug-likeness (QED) is 0.649. The summed E-state index contributed by atoms with van der Waals surface area (Å²) in [5, 5.41) is 8.82. The van der Waals surface area contributed by atoms with Gasteiger partial charge in [-0.25, -0.2) is 9.78 Å². The number of amides is 3. The van der Waals surface area contributed by atoms with E-state index in [1.807, 2.05) is 37.3 Å². The predicted molar refractivity (Wildman–Crippen MR) is 105 cm³/mol. The first-order valence-electron chi connectivity index (χ1n) is 8.00. The molecule has 1 heterocycles. The molecule has 0 bridgehead atoms. The molecule has 0 aliphatic carbocycles. The number of nitrogens with zero attached hydrogens (tertiary/aromatic N) is 1. The second kappa shape index (κ2) is 7.79. The molecular formula is C19H18N4O2S. The van der Waals surface area contributed by atoms with Crippen molar-refractivity contribution in [2.45, 2.75) is 6.92 Å². The van der Waals surface area contributed by atoms with Gasteiger partial charge >= 0.3 is 6.03 Å². The van der Waals surface area contributed by atoms with E-state index in [2.05, 4.69) is 20.9 Å². The highest BCUT2D eigenvalue weighted by molar-refractivity contribution is 7.17. The standard InChI is InChI=1S/C19H18N4O2S/c1-12-16(26-18(21-12)13-7-4-3-5-8-13)17(24)22-14-9-6-10-15(11-14)23-19(25)20-2/h3-11H,1-2H3,(H,22,24)(H2,20,23,25). The van der Waals surface area contributed by atoms with Gasteiger partial charge in [0, 0.05) is 24.0 Å². The van der Waals surface area contributed by atoms with Crippen molar-refractivity contribution >= 4 is 34.6 Å². The molecule has 0 spiro atoms. The third kappa shape index (κ3) is 4.07. The van der Waals surface area contributed by atoms with E-state index < -0.39 is 0 Å². The number of rotatable bonds is 4. The van der Waals surface area contributed by atoms with Crippen LogP contribution in [0.4, 0.5) is 16.2 Å². The van der Waals surface area contributed by atoms with Gasteiger partial charge in [-0.3, -0.25) is 4.79 Å². The van der Waals surface area contributed by atoms with Gasteiger partial charge in [0.1, 0.15) is 9.88 Å². The summed E-state index contributed by atoms with van der Waals surface area (Å²) in [6, 6.07) is 16.4. The van der Waals surface area contributed by atoms with Gasteiger partial charge in [-0.05, 0) is 25.1 Å². The van der Waals surface area contributed by atoms with Crippen molar-refractivity contribution in [1.82, 2.24) is 10.3 Å². The Morgan fingerprint density at radius 3 is 2.35 bits per heavy atom. The van der Waals surface area contributed by atoms with Crippen molar-refractivity contribution in [3.05, 3.63) is 65.2 Å². The Hall–Kier alpha value is -3.19. The lowest BCUT2D eigenvalue weighted by atomic mass is 10.2. The molecular weight excluding hydrogens is 348 g/mol. The fourth-order valence-corrected chi connectivity index (χ4v) is 3.33. The normalized spacial score (nSPS) is 10.2. The van der Waals surface area contributed by atoms with Crippen LogP contribution in [0.3, 0.4) is 0 Å². The topological polar surface area (TPSA) is 83.1 Å². The summed E-state index contributed by atoms with van der Waals surface area (Å²) in [5.41, 5.74) is 2.86. The number of hydrogen-bond acceptors (Lipinski definition) is 4. The Morgan fingerprint density at radius 2 is 1.65 bits per heavy atom. The minimum absolute atomic E-state index is 0.223. The summed E-state index contributed by atoms with van der Waals surface area (Å²) in [5.74, 6) is -0.223. The first kappa shape index (κ1) is 17.6. The number of thiazole rings is 1. The summed E-state index contributed by atoms with van der Waals surface area (Å²) >= 11 is 1.36. The highest BCUT2D eigenvalue weighted by Crippen LogP contribution is 2.28. The van der Waals surface area contributed by atoms with Gasteiger partial charge in [0.05, 0.1) is 5.69 Å². The minimum atomic E-state index is -0.320. The molecule has 0 aliphatic rings. The fraction of sp³-hybridized carbons (Fsp3) is 0.105. The summed E-state index contributed by atoms with van der Waals surface area (Å²) in [7, 11) is 1.54. The maximum Gasteiger partial charge on any atom is 0.318 e. The largest absolute Gasteiger partial charge is 0.341 e. The Labute approximate surface area is 155 Å². The molecule has 0 aliphatic heterocycles. The lowest BCUT2D eigenvalue weighted by Gasteiger charge is -2.08. The van der Waals surface area contributed by atoms with Crippen molar-refractivity contribution in [3.8, 4) is 10.6 Å². The second-order valence-corrected chi connectivity index (χ2v) is 6.54. The molecule has 3 rings (SSSR count). The van der Waals surface area contributed by atoms with Gasteiger partial charge < -0.3 is 16.0 Å². The number of aryl methyl sites for hydroxylation is 1. The molecule has 0 fully saturated rings. The van der Waals surface area contributed by atoms with Crippen LogP contribution in [0.25, 0.3) is 10.6 Å². The number of carbonyl (C=O) groups excluding carboxylic acids is 2. The number of nitrogens with one attached hydrogen (secondary N) is 3. The number of urea groups is 1. The van der Waals surface area contributed by atoms with Gasteiger partial charge in [-0.2, -0.15) is 0 Å². The molecule has 3 N–H and O–H groups in total. The Kier molecular flexibility index (Phi) is 5.28. The van der Waals surface area contributed by atoms with E-state index in [4.69, 9.17) is 0 Å². The van der Waals surface area contributed by atoms with Crippen LogP contribution in [0.15, 0.2) is 54.6 Å². The van der Waals surface area contributed by atoms with Crippen LogP contribution in [0, 0.1) is 6.92 Å². The van der Waals surface area contributed by atoms with E-state index in [1.165, 1.54) is 18.4 Å². The molecule has 1 aromatic heterocycles. The van der Waals surface area contributed by atoms with Gasteiger partial charge in [-0.1, -0.05) is 36.4 Å². The Balaban J connectivity index is 1.77. The van der Waals surface area contributed by atoms with Gasteiger partial charge in [0.25, 0.3) is 5.91 Å². The third-order valence-electron chi connectivity index (χ3n) is 3.63. The zero-order valence-corrected chi connectivity index (χ0v) is 15.2. The fourth-order valence-electron chi connectivity index (χ4n) is 2.37. The van der Waals surface area contributed by atoms with Crippen LogP contribution in [0.5, 0.6) is 0 Å². The van der Waals surface area contributed by atoms with Crippen LogP contribution in [0.1, 0.15) is 15.4 Å². The van der Waals surface area contributed by atoms with Crippen LogP contribution >= 0.6 is 11.3 Å². The van der Waals surface area contributed by atoms with E-state index in [-0.39, 0.29) is 11.9 Å². The average Bonchev–Trinajstić information content (AvgIpc) is 3.04. The van der Waals surface area contributed by atoms with E-state index in [0.717, 1.165) is 10.6 Å². The Bertz CT molecular complexity index is 938. The number of aromatic nitrogens is 1. The monoisotopic (exact) mass is 366 g/mol. The first-order chi connectivity index (χ1) is 12.6. The average molecular weight is 366 g/mol. The molecule has 3 amide bonds. The second-order valence-electron chi connectivity index (χ2n) is 5.54. The molecule has 0 unspecified atom stereocenters. The number of hydrogen-bond donors (Lipinski definition) is 3.